The molecule has 1 aliphatic rings. The molecule has 2 heterocycles. The number of likely N-dealkylation sites (tertiary alicyclic amines) is 1. The van der Waals surface area contributed by atoms with Crippen molar-refractivity contribution in [2.24, 2.45) is 5.92 Å². The Kier molecular flexibility index (Phi) is 3.90. The Balaban J connectivity index is 1.83. The Labute approximate surface area is 116 Å². The van der Waals surface area contributed by atoms with Crippen molar-refractivity contribution in [3.05, 3.63) is 17.0 Å². The number of rotatable bonds is 4. The van der Waals surface area contributed by atoms with Gasteiger partial charge in [-0.05, 0) is 17.4 Å². The first-order valence-electron chi connectivity index (χ1n) is 6.17. The lowest BCUT2D eigenvalue weighted by atomic mass is 9.83. The highest BCUT2D eigenvalue weighted by Gasteiger charge is 2.43. The smallest absolute Gasteiger partial charge is 0.239 e. The van der Waals surface area contributed by atoms with Crippen LogP contribution in [0.5, 0.6) is 0 Å². The van der Waals surface area contributed by atoms with E-state index in [2.05, 4.69) is 5.32 Å². The number of carbonyl (C=O) groups is 1. The summed E-state index contributed by atoms with van der Waals surface area (Å²) >= 11 is 1.34. The number of aliphatic hydroxyl groups is 1. The topological polar surface area (TPSA) is 76.4 Å². The SMILES string of the molecule is CC(C)C1(O)CN(CC(=O)Nc2sccc2C#N)C1. The molecule has 102 valence electrons. The van der Waals surface area contributed by atoms with Crippen LogP contribution in [-0.2, 0) is 4.79 Å². The van der Waals surface area contributed by atoms with Gasteiger partial charge in [-0.15, -0.1) is 11.3 Å². The first-order valence-corrected chi connectivity index (χ1v) is 7.05. The molecule has 1 amide bonds. The summed E-state index contributed by atoms with van der Waals surface area (Å²) in [7, 11) is 0. The van der Waals surface area contributed by atoms with E-state index >= 15 is 0 Å². The first-order chi connectivity index (χ1) is 8.94. The van der Waals surface area contributed by atoms with E-state index in [1.165, 1.54) is 11.3 Å². The summed E-state index contributed by atoms with van der Waals surface area (Å²) in [6, 6.07) is 3.71. The van der Waals surface area contributed by atoms with Gasteiger partial charge < -0.3 is 10.4 Å². The van der Waals surface area contributed by atoms with Crippen LogP contribution in [0.2, 0.25) is 0 Å². The van der Waals surface area contributed by atoms with Crippen LogP contribution in [0.3, 0.4) is 0 Å². The molecule has 0 aliphatic carbocycles. The molecule has 1 aliphatic heterocycles. The third-order valence-electron chi connectivity index (χ3n) is 3.48. The minimum Gasteiger partial charge on any atom is -0.387 e. The number of anilines is 1. The fraction of sp³-hybridized carbons (Fsp3) is 0.538. The van der Waals surface area contributed by atoms with Crippen LogP contribution in [0.25, 0.3) is 0 Å². The van der Waals surface area contributed by atoms with E-state index in [0.29, 0.717) is 23.7 Å². The van der Waals surface area contributed by atoms with Gasteiger partial charge in [0.15, 0.2) is 0 Å². The molecule has 0 bridgehead atoms. The van der Waals surface area contributed by atoms with Crippen molar-refractivity contribution in [3.63, 3.8) is 0 Å². The van der Waals surface area contributed by atoms with Gasteiger partial charge in [-0.2, -0.15) is 5.26 Å². The van der Waals surface area contributed by atoms with Gasteiger partial charge in [0, 0.05) is 13.1 Å². The van der Waals surface area contributed by atoms with Crippen LogP contribution in [0.15, 0.2) is 11.4 Å². The number of carbonyl (C=O) groups excluding carboxylic acids is 1. The van der Waals surface area contributed by atoms with Gasteiger partial charge in [-0.1, -0.05) is 13.8 Å². The molecule has 0 radical (unpaired) electrons. The van der Waals surface area contributed by atoms with Gasteiger partial charge >= 0.3 is 0 Å². The summed E-state index contributed by atoms with van der Waals surface area (Å²) in [6.07, 6.45) is 0. The maximum absolute atomic E-state index is 11.8. The van der Waals surface area contributed by atoms with Gasteiger partial charge in [0.05, 0.1) is 17.7 Å². The van der Waals surface area contributed by atoms with Crippen LogP contribution in [-0.4, -0.2) is 41.1 Å². The van der Waals surface area contributed by atoms with Gasteiger partial charge in [-0.25, -0.2) is 0 Å². The summed E-state index contributed by atoms with van der Waals surface area (Å²) in [5.41, 5.74) is -0.179. The quantitative estimate of drug-likeness (QED) is 0.870. The number of nitrogens with zero attached hydrogens (tertiary/aromatic N) is 2. The molecule has 2 N–H and O–H groups in total. The van der Waals surface area contributed by atoms with Crippen molar-refractivity contribution < 1.29 is 9.90 Å². The number of amides is 1. The lowest BCUT2D eigenvalue weighted by molar-refractivity contribution is -0.139. The number of hydrogen-bond donors (Lipinski definition) is 2. The van der Waals surface area contributed by atoms with Crippen LogP contribution < -0.4 is 5.32 Å². The highest BCUT2D eigenvalue weighted by atomic mass is 32.1. The summed E-state index contributed by atoms with van der Waals surface area (Å²) < 4.78 is 0. The number of β-amino-alcohol motifs (C(OH)–C–C–N with tert-alkyl or cyclic N) is 1. The number of nitrogens with one attached hydrogen (secondary N) is 1. The highest BCUT2D eigenvalue weighted by Crippen LogP contribution is 2.28. The van der Waals surface area contributed by atoms with Crippen LogP contribution in [0.4, 0.5) is 5.00 Å². The third-order valence-corrected chi connectivity index (χ3v) is 4.31. The molecule has 0 spiro atoms. The Morgan fingerprint density at radius 1 is 1.68 bits per heavy atom. The van der Waals surface area contributed by atoms with E-state index in [4.69, 9.17) is 5.26 Å². The monoisotopic (exact) mass is 279 g/mol. The molecule has 1 aromatic heterocycles. The zero-order chi connectivity index (χ0) is 14.0. The number of thiophene rings is 1. The zero-order valence-electron chi connectivity index (χ0n) is 11.0. The highest BCUT2D eigenvalue weighted by molar-refractivity contribution is 7.14. The molecule has 2 rings (SSSR count). The predicted molar refractivity (Wildman–Crippen MR) is 73.9 cm³/mol. The van der Waals surface area contributed by atoms with E-state index in [9.17, 15) is 9.90 Å². The Morgan fingerprint density at radius 2 is 2.37 bits per heavy atom. The van der Waals surface area contributed by atoms with Crippen molar-refractivity contribution in [1.82, 2.24) is 4.90 Å². The van der Waals surface area contributed by atoms with Crippen LogP contribution in [0, 0.1) is 17.2 Å². The van der Waals surface area contributed by atoms with E-state index in [-0.39, 0.29) is 18.4 Å². The van der Waals surface area contributed by atoms with Gasteiger partial charge in [0.25, 0.3) is 0 Å². The summed E-state index contributed by atoms with van der Waals surface area (Å²) in [6.45, 7) is 5.24. The van der Waals surface area contributed by atoms with Crippen molar-refractivity contribution in [1.29, 1.82) is 5.26 Å². The van der Waals surface area contributed by atoms with Crippen molar-refractivity contribution in [3.8, 4) is 6.07 Å². The molecule has 0 aromatic carbocycles. The molecule has 6 heteroatoms. The molecule has 1 fully saturated rings. The first kappa shape index (κ1) is 14.0. The molecule has 19 heavy (non-hydrogen) atoms. The molecular formula is C13H17N3O2S. The Bertz CT molecular complexity index is 512. The lowest BCUT2D eigenvalue weighted by Crippen LogP contribution is -2.65. The van der Waals surface area contributed by atoms with E-state index < -0.39 is 5.60 Å². The summed E-state index contributed by atoms with van der Waals surface area (Å²) in [5, 5.41) is 24.0. The number of nitriles is 1. The van der Waals surface area contributed by atoms with Gasteiger partial charge in [-0.3, -0.25) is 9.69 Å². The molecule has 0 unspecified atom stereocenters. The Hall–Kier alpha value is -1.42. The normalized spacial score (nSPS) is 17.8. The Morgan fingerprint density at radius 3 is 2.95 bits per heavy atom. The van der Waals surface area contributed by atoms with Gasteiger partial charge in [0.1, 0.15) is 11.1 Å². The second-order valence-electron chi connectivity index (χ2n) is 5.23. The second kappa shape index (κ2) is 5.29. The standard InChI is InChI=1S/C13H17N3O2S/c1-9(2)13(18)7-16(8-13)6-11(17)15-12-10(5-14)3-4-19-12/h3-4,9,18H,6-8H2,1-2H3,(H,15,17). The molecule has 5 nitrogen and oxygen atoms in total. The largest absolute Gasteiger partial charge is 0.387 e. The fourth-order valence-corrected chi connectivity index (χ4v) is 2.82. The predicted octanol–water partition coefficient (Wildman–Crippen LogP) is 1.26. The molecule has 0 saturated carbocycles. The van der Waals surface area contributed by atoms with Crippen molar-refractivity contribution >= 4 is 22.2 Å². The molecular weight excluding hydrogens is 262 g/mol. The minimum absolute atomic E-state index is 0.148. The van der Waals surface area contributed by atoms with Crippen LogP contribution in [0.1, 0.15) is 19.4 Å². The fourth-order valence-electron chi connectivity index (χ4n) is 2.07. The minimum atomic E-state index is -0.666. The van der Waals surface area contributed by atoms with Crippen molar-refractivity contribution in [2.45, 2.75) is 19.4 Å². The maximum Gasteiger partial charge on any atom is 0.239 e. The summed E-state index contributed by atoms with van der Waals surface area (Å²) in [5.74, 6) is 0.0408. The molecule has 0 atom stereocenters. The van der Waals surface area contributed by atoms with E-state index in [1.807, 2.05) is 24.8 Å². The average Bonchev–Trinajstić information content (AvgIpc) is 2.73. The average molecular weight is 279 g/mol. The third kappa shape index (κ3) is 2.95. The van der Waals surface area contributed by atoms with Crippen LogP contribution >= 0.6 is 11.3 Å². The van der Waals surface area contributed by atoms with E-state index in [1.54, 1.807) is 11.4 Å². The lowest BCUT2D eigenvalue weighted by Gasteiger charge is -2.48. The molecule has 1 aromatic rings. The van der Waals surface area contributed by atoms with Gasteiger partial charge in [0.2, 0.25) is 5.91 Å². The molecule has 1 saturated heterocycles. The summed E-state index contributed by atoms with van der Waals surface area (Å²) in [4.78, 5) is 13.7. The maximum atomic E-state index is 11.8. The van der Waals surface area contributed by atoms with E-state index in [0.717, 1.165) is 0 Å². The van der Waals surface area contributed by atoms with Crippen molar-refractivity contribution in [2.75, 3.05) is 25.0 Å². The zero-order valence-corrected chi connectivity index (χ0v) is 11.8. The second-order valence-corrected chi connectivity index (χ2v) is 6.14. The number of hydrogen-bond acceptors (Lipinski definition) is 5.